The Labute approximate surface area is 167 Å². The fraction of sp³-hybridized carbons (Fsp3) is 0.421. The van der Waals surface area contributed by atoms with E-state index in [2.05, 4.69) is 25.5 Å². The van der Waals surface area contributed by atoms with Gasteiger partial charge < -0.3 is 15.5 Å². The van der Waals surface area contributed by atoms with Gasteiger partial charge in [-0.25, -0.2) is 9.97 Å². The van der Waals surface area contributed by atoms with Gasteiger partial charge in [0.25, 0.3) is 0 Å². The predicted molar refractivity (Wildman–Crippen MR) is 106 cm³/mol. The number of nitro benzene ring substituents is 1. The van der Waals surface area contributed by atoms with Crippen molar-refractivity contribution in [3.8, 4) is 0 Å². The van der Waals surface area contributed by atoms with Gasteiger partial charge in [0, 0.05) is 62.0 Å². The molecule has 0 aliphatic carbocycles. The minimum absolute atomic E-state index is 0.0406. The summed E-state index contributed by atoms with van der Waals surface area (Å²) in [5.74, 6) is -0.106. The maximum Gasteiger partial charge on any atom is 0.306 e. The van der Waals surface area contributed by atoms with Crippen LogP contribution >= 0.6 is 0 Å². The third-order valence-corrected chi connectivity index (χ3v) is 4.70. The van der Waals surface area contributed by atoms with Crippen LogP contribution in [0.3, 0.4) is 0 Å². The highest BCUT2D eigenvalue weighted by molar-refractivity contribution is 5.73. The number of hydrogen-bond donors (Lipinski definition) is 2. The van der Waals surface area contributed by atoms with Crippen molar-refractivity contribution >= 4 is 23.1 Å². The maximum atomic E-state index is 13.5. The highest BCUT2D eigenvalue weighted by Gasteiger charge is 2.24. The fourth-order valence-corrected chi connectivity index (χ4v) is 3.44. The van der Waals surface area contributed by atoms with E-state index in [9.17, 15) is 19.3 Å². The second-order valence-corrected chi connectivity index (χ2v) is 7.17. The van der Waals surface area contributed by atoms with E-state index in [0.717, 1.165) is 30.5 Å². The average Bonchev–Trinajstić information content (AvgIpc) is 3.11. The van der Waals surface area contributed by atoms with Gasteiger partial charge in [0.1, 0.15) is 12.1 Å². The van der Waals surface area contributed by atoms with Gasteiger partial charge in [-0.1, -0.05) is 0 Å². The highest BCUT2D eigenvalue weighted by atomic mass is 19.1. The number of amides is 1. The van der Waals surface area contributed by atoms with Crippen LogP contribution in [0.5, 0.6) is 0 Å². The van der Waals surface area contributed by atoms with E-state index in [1.54, 1.807) is 0 Å². The number of nitro groups is 1. The van der Waals surface area contributed by atoms with Crippen LogP contribution in [-0.4, -0.2) is 46.0 Å². The molecule has 29 heavy (non-hydrogen) atoms. The van der Waals surface area contributed by atoms with Crippen molar-refractivity contribution in [2.45, 2.75) is 38.8 Å². The lowest BCUT2D eigenvalue weighted by Gasteiger charge is -2.19. The van der Waals surface area contributed by atoms with Crippen LogP contribution in [0.4, 0.5) is 21.6 Å². The molecule has 2 aromatic rings. The summed E-state index contributed by atoms with van der Waals surface area (Å²) < 4.78 is 13.5. The fourth-order valence-electron chi connectivity index (χ4n) is 3.44. The van der Waals surface area contributed by atoms with Crippen LogP contribution in [-0.2, 0) is 11.2 Å². The second kappa shape index (κ2) is 8.80. The van der Waals surface area contributed by atoms with Crippen molar-refractivity contribution in [3.05, 3.63) is 52.2 Å². The first-order valence-corrected chi connectivity index (χ1v) is 9.35. The van der Waals surface area contributed by atoms with Crippen molar-refractivity contribution in [2.75, 3.05) is 23.3 Å². The zero-order valence-electron chi connectivity index (χ0n) is 16.3. The third kappa shape index (κ3) is 5.37. The molecule has 1 aromatic carbocycles. The monoisotopic (exact) mass is 402 g/mol. The predicted octanol–water partition coefficient (Wildman–Crippen LogP) is 2.28. The van der Waals surface area contributed by atoms with Crippen molar-refractivity contribution in [1.82, 2.24) is 15.3 Å². The van der Waals surface area contributed by atoms with E-state index < -0.39 is 16.4 Å². The van der Waals surface area contributed by atoms with Crippen LogP contribution < -0.4 is 15.5 Å². The third-order valence-electron chi connectivity index (χ3n) is 4.70. The number of aromatic nitrogens is 2. The van der Waals surface area contributed by atoms with E-state index in [4.69, 9.17) is 0 Å². The molecule has 0 bridgehead atoms. The molecule has 0 radical (unpaired) electrons. The number of benzene rings is 1. The molecule has 1 saturated heterocycles. The van der Waals surface area contributed by atoms with E-state index in [1.165, 1.54) is 25.4 Å². The Bertz CT molecular complexity index is 909. The lowest BCUT2D eigenvalue weighted by molar-refractivity contribution is -0.387. The maximum absolute atomic E-state index is 13.5. The lowest BCUT2D eigenvalue weighted by Crippen LogP contribution is -2.35. The Kier molecular flexibility index (Phi) is 6.20. The molecule has 9 nitrogen and oxygen atoms in total. The van der Waals surface area contributed by atoms with Crippen LogP contribution in [0.25, 0.3) is 0 Å². The molecular formula is C19H23FN6O3. The summed E-state index contributed by atoms with van der Waals surface area (Å²) in [6.45, 7) is 4.92. The molecule has 0 spiro atoms. The van der Waals surface area contributed by atoms with Gasteiger partial charge in [-0.15, -0.1) is 0 Å². The Hall–Kier alpha value is -3.30. The van der Waals surface area contributed by atoms with Crippen molar-refractivity contribution in [2.24, 2.45) is 0 Å². The molecular weight excluding hydrogens is 379 g/mol. The van der Waals surface area contributed by atoms with Gasteiger partial charge >= 0.3 is 5.69 Å². The van der Waals surface area contributed by atoms with Gasteiger partial charge in [0.15, 0.2) is 0 Å². The van der Waals surface area contributed by atoms with Crippen LogP contribution in [0.2, 0.25) is 0 Å². The Morgan fingerprint density at radius 1 is 1.41 bits per heavy atom. The van der Waals surface area contributed by atoms with Crippen LogP contribution in [0.1, 0.15) is 26.0 Å². The molecule has 2 atom stereocenters. The quantitative estimate of drug-likeness (QED) is 0.539. The smallest absolute Gasteiger partial charge is 0.306 e. The number of carbonyl (C=O) groups excluding carboxylic acids is 1. The largest absolute Gasteiger partial charge is 0.382 e. The second-order valence-electron chi connectivity index (χ2n) is 7.17. The Balaban J connectivity index is 1.62. The summed E-state index contributed by atoms with van der Waals surface area (Å²) in [5, 5.41) is 17.0. The number of carbonyl (C=O) groups is 1. The molecule has 2 heterocycles. The number of halogens is 1. The van der Waals surface area contributed by atoms with Crippen LogP contribution in [0.15, 0.2) is 30.6 Å². The molecule has 1 aliphatic rings. The van der Waals surface area contributed by atoms with Gasteiger partial charge in [-0.05, 0) is 25.5 Å². The first kappa shape index (κ1) is 20.4. The number of rotatable bonds is 7. The normalized spacial score (nSPS) is 17.1. The van der Waals surface area contributed by atoms with E-state index >= 15 is 0 Å². The summed E-state index contributed by atoms with van der Waals surface area (Å²) >= 11 is 0. The zero-order valence-corrected chi connectivity index (χ0v) is 16.3. The molecule has 1 aromatic heterocycles. The summed E-state index contributed by atoms with van der Waals surface area (Å²) in [7, 11) is 0. The SMILES string of the molecule is CC(=O)NC1CCN(c2cc(CC(C)Nc3ccc(F)c([N+](=O)[O-])c3)ncn2)C1. The lowest BCUT2D eigenvalue weighted by atomic mass is 10.1. The summed E-state index contributed by atoms with van der Waals surface area (Å²) in [5.41, 5.74) is 0.724. The number of hydrogen-bond acceptors (Lipinski definition) is 7. The molecule has 2 unspecified atom stereocenters. The molecule has 2 N–H and O–H groups in total. The standard InChI is InChI=1S/C19H23FN6O3/c1-12(23-14-3-4-17(20)18(8-14)26(28)29)7-16-9-19(22-11-21-16)25-6-5-15(10-25)24-13(2)27/h3-4,8-9,11-12,15,23H,5-7,10H2,1-2H3,(H,24,27). The van der Waals surface area contributed by atoms with Gasteiger partial charge in [0.2, 0.25) is 11.7 Å². The first-order valence-electron chi connectivity index (χ1n) is 9.35. The Morgan fingerprint density at radius 3 is 2.93 bits per heavy atom. The Morgan fingerprint density at radius 2 is 2.21 bits per heavy atom. The zero-order chi connectivity index (χ0) is 21.0. The van der Waals surface area contributed by atoms with Crippen LogP contribution in [0, 0.1) is 15.9 Å². The van der Waals surface area contributed by atoms with Crippen molar-refractivity contribution in [1.29, 1.82) is 0 Å². The highest BCUT2D eigenvalue weighted by Crippen LogP contribution is 2.23. The minimum Gasteiger partial charge on any atom is -0.382 e. The van der Waals surface area contributed by atoms with E-state index in [1.807, 2.05) is 13.0 Å². The average molecular weight is 402 g/mol. The summed E-state index contributed by atoms with van der Waals surface area (Å²) in [4.78, 5) is 32.1. The topological polar surface area (TPSA) is 113 Å². The molecule has 10 heteroatoms. The van der Waals surface area contributed by atoms with Gasteiger partial charge in [0.05, 0.1) is 4.92 Å². The molecule has 1 amide bonds. The minimum atomic E-state index is -0.864. The molecule has 1 aliphatic heterocycles. The van der Waals surface area contributed by atoms with E-state index in [0.29, 0.717) is 18.7 Å². The summed E-state index contributed by atoms with van der Waals surface area (Å²) in [6.07, 6.45) is 2.93. The summed E-state index contributed by atoms with van der Waals surface area (Å²) in [6, 6.07) is 5.66. The first-order chi connectivity index (χ1) is 13.8. The van der Waals surface area contributed by atoms with Gasteiger partial charge in [-0.3, -0.25) is 14.9 Å². The number of nitrogens with zero attached hydrogens (tertiary/aromatic N) is 4. The van der Waals surface area contributed by atoms with Gasteiger partial charge in [-0.2, -0.15) is 4.39 Å². The van der Waals surface area contributed by atoms with Crippen molar-refractivity contribution in [3.63, 3.8) is 0 Å². The van der Waals surface area contributed by atoms with Crippen molar-refractivity contribution < 1.29 is 14.1 Å². The van der Waals surface area contributed by atoms with E-state index in [-0.39, 0.29) is 18.0 Å². The molecule has 154 valence electrons. The number of anilines is 2. The molecule has 1 fully saturated rings. The molecule has 0 saturated carbocycles. The molecule has 3 rings (SSSR count). The number of nitrogens with one attached hydrogen (secondary N) is 2.